The molecule has 0 bridgehead atoms. The van der Waals surface area contributed by atoms with Crippen LogP contribution in [0.1, 0.15) is 19.3 Å². The number of sulfone groups is 1. The lowest BCUT2D eigenvalue weighted by Crippen LogP contribution is -2.39. The Balaban J connectivity index is 2.09. The Morgan fingerprint density at radius 1 is 1.50 bits per heavy atom. The Bertz CT molecular complexity index is 466. The van der Waals surface area contributed by atoms with Crippen LogP contribution < -0.4 is 5.32 Å². The minimum absolute atomic E-state index is 0.108. The fourth-order valence-electron chi connectivity index (χ4n) is 1.79. The van der Waals surface area contributed by atoms with Crippen LogP contribution in [-0.2, 0) is 14.6 Å². The van der Waals surface area contributed by atoms with Gasteiger partial charge < -0.3 is 5.32 Å². The number of hydrogen-bond acceptors (Lipinski definition) is 4. The average Bonchev–Trinajstić information content (AvgIpc) is 2.69. The largest absolute Gasteiger partial charge is 0.322 e. The summed E-state index contributed by atoms with van der Waals surface area (Å²) in [6.45, 7) is 0. The number of nitrogens with zero attached hydrogens (tertiary/aromatic N) is 1. The third-order valence-electron chi connectivity index (χ3n) is 2.64. The smallest absolute Gasteiger partial charge is 0.242 e. The van der Waals surface area contributed by atoms with Gasteiger partial charge in [-0.1, -0.05) is 6.42 Å². The number of amides is 1. The maximum atomic E-state index is 11.7. The highest BCUT2D eigenvalue weighted by Gasteiger charge is 2.34. The van der Waals surface area contributed by atoms with E-state index in [2.05, 4.69) is 15.5 Å². The van der Waals surface area contributed by atoms with Crippen LogP contribution in [0.25, 0.3) is 0 Å². The Hall–Kier alpha value is -1.37. The molecule has 6 nitrogen and oxygen atoms in total. The maximum Gasteiger partial charge on any atom is 0.242 e. The van der Waals surface area contributed by atoms with E-state index in [1.165, 1.54) is 12.4 Å². The lowest BCUT2D eigenvalue weighted by Gasteiger charge is -2.20. The molecular weight excluding hydrogens is 230 g/mol. The Labute approximate surface area is 93.3 Å². The monoisotopic (exact) mass is 243 g/mol. The molecule has 1 aromatic heterocycles. The highest BCUT2D eigenvalue weighted by Crippen LogP contribution is 2.20. The van der Waals surface area contributed by atoms with E-state index in [4.69, 9.17) is 0 Å². The summed E-state index contributed by atoms with van der Waals surface area (Å²) < 4.78 is 23.3. The summed E-state index contributed by atoms with van der Waals surface area (Å²) in [6, 6.07) is 0. The van der Waals surface area contributed by atoms with E-state index in [1.54, 1.807) is 0 Å². The summed E-state index contributed by atoms with van der Waals surface area (Å²) in [5.74, 6) is -0.350. The predicted molar refractivity (Wildman–Crippen MR) is 58.6 cm³/mol. The van der Waals surface area contributed by atoms with Crippen molar-refractivity contribution in [2.75, 3.05) is 11.1 Å². The standard InChI is InChI=1S/C9H13N3O3S/c13-9(12-7-5-10-11-6-7)8-3-1-2-4-16(8,14)15/h5-6,8H,1-4H2,(H,10,11)(H,12,13). The van der Waals surface area contributed by atoms with E-state index in [0.717, 1.165) is 6.42 Å². The first kappa shape index (κ1) is 11.1. The first-order valence-corrected chi connectivity index (χ1v) is 6.82. The molecule has 1 atom stereocenters. The van der Waals surface area contributed by atoms with Crippen LogP contribution in [-0.4, -0.2) is 35.5 Å². The lowest BCUT2D eigenvalue weighted by atomic mass is 10.2. The van der Waals surface area contributed by atoms with Crippen molar-refractivity contribution in [1.82, 2.24) is 10.2 Å². The molecule has 1 unspecified atom stereocenters. The Kier molecular flexibility index (Phi) is 2.95. The van der Waals surface area contributed by atoms with Crippen molar-refractivity contribution in [3.63, 3.8) is 0 Å². The van der Waals surface area contributed by atoms with Crippen molar-refractivity contribution in [3.8, 4) is 0 Å². The number of carbonyl (C=O) groups is 1. The van der Waals surface area contributed by atoms with Gasteiger partial charge in [0.1, 0.15) is 5.25 Å². The molecule has 0 spiro atoms. The predicted octanol–water partition coefficient (Wildman–Crippen LogP) is 0.315. The van der Waals surface area contributed by atoms with Crippen LogP contribution in [0.15, 0.2) is 12.4 Å². The van der Waals surface area contributed by atoms with Gasteiger partial charge in [0, 0.05) is 6.20 Å². The molecule has 88 valence electrons. The van der Waals surface area contributed by atoms with E-state index in [9.17, 15) is 13.2 Å². The number of hydrogen-bond donors (Lipinski definition) is 2. The van der Waals surface area contributed by atoms with Gasteiger partial charge in [0.05, 0.1) is 17.6 Å². The van der Waals surface area contributed by atoms with Crippen LogP contribution in [0, 0.1) is 0 Å². The quantitative estimate of drug-likeness (QED) is 0.782. The van der Waals surface area contributed by atoms with E-state index in [0.29, 0.717) is 18.5 Å². The van der Waals surface area contributed by atoms with E-state index >= 15 is 0 Å². The molecule has 1 aliphatic rings. The zero-order valence-corrected chi connectivity index (χ0v) is 9.46. The van der Waals surface area contributed by atoms with Crippen LogP contribution in [0.2, 0.25) is 0 Å². The van der Waals surface area contributed by atoms with Crippen LogP contribution in [0.5, 0.6) is 0 Å². The second kappa shape index (κ2) is 4.25. The van der Waals surface area contributed by atoms with Gasteiger partial charge in [0.15, 0.2) is 9.84 Å². The first-order chi connectivity index (χ1) is 7.59. The van der Waals surface area contributed by atoms with Gasteiger partial charge in [0.2, 0.25) is 5.91 Å². The molecule has 0 radical (unpaired) electrons. The number of rotatable bonds is 2. The van der Waals surface area contributed by atoms with Crippen LogP contribution in [0.4, 0.5) is 5.69 Å². The summed E-state index contributed by atoms with van der Waals surface area (Å²) in [5, 5.41) is 7.84. The molecule has 2 N–H and O–H groups in total. The number of H-pyrrole nitrogens is 1. The SMILES string of the molecule is O=C(Nc1cn[nH]c1)C1CCCCS1(=O)=O. The summed E-state index contributed by atoms with van der Waals surface area (Å²) in [4.78, 5) is 11.7. The van der Waals surface area contributed by atoms with Crippen molar-refractivity contribution in [2.45, 2.75) is 24.5 Å². The van der Waals surface area contributed by atoms with Gasteiger partial charge in [0.25, 0.3) is 0 Å². The highest BCUT2D eigenvalue weighted by molar-refractivity contribution is 7.92. The van der Waals surface area contributed by atoms with Gasteiger partial charge in [-0.05, 0) is 12.8 Å². The van der Waals surface area contributed by atoms with Gasteiger partial charge in [-0.2, -0.15) is 5.10 Å². The molecule has 2 heterocycles. The summed E-state index contributed by atoms with van der Waals surface area (Å²) >= 11 is 0. The van der Waals surface area contributed by atoms with Crippen molar-refractivity contribution in [2.24, 2.45) is 0 Å². The molecule has 1 aliphatic heterocycles. The molecule has 7 heteroatoms. The number of anilines is 1. The molecule has 0 aromatic carbocycles. The molecule has 1 fully saturated rings. The zero-order valence-electron chi connectivity index (χ0n) is 8.64. The summed E-state index contributed by atoms with van der Waals surface area (Å²) in [5.41, 5.74) is 0.491. The van der Waals surface area contributed by atoms with Crippen molar-refractivity contribution < 1.29 is 13.2 Å². The lowest BCUT2D eigenvalue weighted by molar-refractivity contribution is -0.116. The fraction of sp³-hybridized carbons (Fsp3) is 0.556. The second-order valence-corrected chi connectivity index (χ2v) is 6.13. The van der Waals surface area contributed by atoms with Crippen LogP contribution >= 0.6 is 0 Å². The normalized spacial score (nSPS) is 23.9. The molecule has 16 heavy (non-hydrogen) atoms. The van der Waals surface area contributed by atoms with E-state index < -0.39 is 21.0 Å². The van der Waals surface area contributed by atoms with Gasteiger partial charge in [-0.15, -0.1) is 0 Å². The average molecular weight is 243 g/mol. The van der Waals surface area contributed by atoms with Crippen molar-refractivity contribution in [1.29, 1.82) is 0 Å². The third kappa shape index (κ3) is 2.24. The fourth-order valence-corrected chi connectivity index (χ4v) is 3.59. The molecule has 1 saturated heterocycles. The van der Waals surface area contributed by atoms with Gasteiger partial charge >= 0.3 is 0 Å². The zero-order chi connectivity index (χ0) is 11.6. The molecule has 1 aromatic rings. The Morgan fingerprint density at radius 3 is 2.94 bits per heavy atom. The Morgan fingerprint density at radius 2 is 2.31 bits per heavy atom. The number of aromatic nitrogens is 2. The van der Waals surface area contributed by atoms with Crippen molar-refractivity contribution in [3.05, 3.63) is 12.4 Å². The summed E-state index contributed by atoms with van der Waals surface area (Å²) in [6.07, 6.45) is 4.78. The second-order valence-electron chi connectivity index (χ2n) is 3.83. The number of carbonyl (C=O) groups excluding carboxylic acids is 1. The maximum absolute atomic E-state index is 11.7. The minimum Gasteiger partial charge on any atom is -0.322 e. The molecular formula is C9H13N3O3S. The van der Waals surface area contributed by atoms with Gasteiger partial charge in [-0.25, -0.2) is 8.42 Å². The first-order valence-electron chi connectivity index (χ1n) is 5.11. The van der Waals surface area contributed by atoms with E-state index in [1.807, 2.05) is 0 Å². The number of nitrogens with one attached hydrogen (secondary N) is 2. The third-order valence-corrected chi connectivity index (χ3v) is 4.81. The molecule has 1 amide bonds. The van der Waals surface area contributed by atoms with Crippen LogP contribution in [0.3, 0.4) is 0 Å². The molecule has 2 rings (SSSR count). The van der Waals surface area contributed by atoms with Gasteiger partial charge in [-0.3, -0.25) is 9.89 Å². The number of aromatic amines is 1. The molecule has 0 saturated carbocycles. The van der Waals surface area contributed by atoms with E-state index in [-0.39, 0.29) is 5.75 Å². The highest BCUT2D eigenvalue weighted by atomic mass is 32.2. The minimum atomic E-state index is -3.27. The summed E-state index contributed by atoms with van der Waals surface area (Å²) in [7, 11) is -3.27. The topological polar surface area (TPSA) is 91.9 Å². The van der Waals surface area contributed by atoms with Crippen molar-refractivity contribution >= 4 is 21.4 Å². The molecule has 0 aliphatic carbocycles.